The minimum Gasteiger partial charge on any atom is -0.342 e. The largest absolute Gasteiger partial charge is 0.342 e. The first-order valence-electron chi connectivity index (χ1n) is 7.62. The fourth-order valence-corrected chi connectivity index (χ4v) is 4.10. The fourth-order valence-electron chi connectivity index (χ4n) is 2.95. The second kappa shape index (κ2) is 6.22. The average Bonchev–Trinajstić information content (AvgIpc) is 3.07. The molecule has 1 aliphatic carbocycles. The smallest absolute Gasteiger partial charge is 0.237 e. The van der Waals surface area contributed by atoms with Crippen molar-refractivity contribution in [1.82, 2.24) is 9.62 Å². The molecule has 1 saturated heterocycles. The summed E-state index contributed by atoms with van der Waals surface area (Å²) in [7, 11) is -3.59. The molecule has 0 aromatic heterocycles. The van der Waals surface area contributed by atoms with Gasteiger partial charge in [0.2, 0.25) is 15.9 Å². The second-order valence-electron chi connectivity index (χ2n) is 5.72. The maximum atomic E-state index is 12.4. The predicted octanol–water partition coefficient (Wildman–Crippen LogP) is 1.52. The second-order valence-corrected chi connectivity index (χ2v) is 7.54. The Hall–Kier alpha value is -1.66. The van der Waals surface area contributed by atoms with Gasteiger partial charge in [-0.2, -0.15) is 0 Å². The Balaban J connectivity index is 1.68. The van der Waals surface area contributed by atoms with E-state index in [1.165, 1.54) is 0 Å². The molecule has 6 heteroatoms. The molecule has 2 aliphatic rings. The molecule has 0 bridgehead atoms. The zero-order chi connectivity index (χ0) is 15.6. The lowest BCUT2D eigenvalue weighted by Gasteiger charge is -2.18. The van der Waals surface area contributed by atoms with Crippen LogP contribution in [0.2, 0.25) is 0 Å². The van der Waals surface area contributed by atoms with E-state index in [0.717, 1.165) is 37.1 Å². The van der Waals surface area contributed by atoms with Crippen LogP contribution in [0.3, 0.4) is 0 Å². The van der Waals surface area contributed by atoms with Gasteiger partial charge in [-0.25, -0.2) is 13.1 Å². The van der Waals surface area contributed by atoms with E-state index < -0.39 is 10.0 Å². The fraction of sp³-hybridized carbons (Fsp3) is 0.438. The highest BCUT2D eigenvalue weighted by atomic mass is 32.2. The Bertz CT molecular complexity index is 704. The Labute approximate surface area is 131 Å². The quantitative estimate of drug-likeness (QED) is 0.914. The van der Waals surface area contributed by atoms with Gasteiger partial charge >= 0.3 is 0 Å². The average molecular weight is 320 g/mol. The van der Waals surface area contributed by atoms with Crippen LogP contribution in [0.15, 0.2) is 29.2 Å². The molecule has 1 fully saturated rings. The van der Waals surface area contributed by atoms with Crippen LogP contribution >= 0.6 is 0 Å². The van der Waals surface area contributed by atoms with Gasteiger partial charge in [0.1, 0.15) is 0 Å². The van der Waals surface area contributed by atoms with Gasteiger partial charge in [-0.1, -0.05) is 24.3 Å². The molecular formula is C16H20N2O3S. The highest BCUT2D eigenvalue weighted by molar-refractivity contribution is 7.93. The summed E-state index contributed by atoms with van der Waals surface area (Å²) < 4.78 is 27.2. The van der Waals surface area contributed by atoms with E-state index in [2.05, 4.69) is 4.72 Å². The third-order valence-electron chi connectivity index (χ3n) is 4.23. The Morgan fingerprint density at radius 2 is 1.86 bits per heavy atom. The van der Waals surface area contributed by atoms with Crippen molar-refractivity contribution >= 4 is 22.0 Å². The van der Waals surface area contributed by atoms with Gasteiger partial charge in [-0.05, 0) is 42.9 Å². The number of fused-ring (bicyclic) bond motifs is 1. The first-order chi connectivity index (χ1) is 10.6. The molecule has 0 unspecified atom stereocenters. The van der Waals surface area contributed by atoms with E-state index in [0.29, 0.717) is 17.7 Å². The maximum Gasteiger partial charge on any atom is 0.237 e. The lowest BCUT2D eigenvalue weighted by atomic mass is 9.98. The molecule has 1 aliphatic heterocycles. The molecule has 22 heavy (non-hydrogen) atoms. The number of allylic oxidation sites excluding steroid dienone is 1. The number of nitrogens with one attached hydrogen (secondary N) is 1. The summed E-state index contributed by atoms with van der Waals surface area (Å²) in [5, 5.41) is 0. The summed E-state index contributed by atoms with van der Waals surface area (Å²) in [6.45, 7) is 1.31. The van der Waals surface area contributed by atoms with E-state index >= 15 is 0 Å². The number of benzene rings is 1. The maximum absolute atomic E-state index is 12.4. The van der Waals surface area contributed by atoms with E-state index in [1.54, 1.807) is 11.0 Å². The predicted molar refractivity (Wildman–Crippen MR) is 85.5 cm³/mol. The van der Waals surface area contributed by atoms with Crippen LogP contribution in [0, 0.1) is 0 Å². The molecule has 1 amide bonds. The molecule has 5 nitrogen and oxygen atoms in total. The normalized spacial score (nSPS) is 18.0. The van der Waals surface area contributed by atoms with Crippen LogP contribution < -0.4 is 4.72 Å². The van der Waals surface area contributed by atoms with Crippen LogP contribution in [0.4, 0.5) is 0 Å². The molecule has 1 aromatic rings. The number of hydrogen-bond donors (Lipinski definition) is 1. The van der Waals surface area contributed by atoms with Gasteiger partial charge < -0.3 is 4.90 Å². The number of aryl methyl sites for hydroxylation is 1. The summed E-state index contributed by atoms with van der Waals surface area (Å²) in [4.78, 5) is 14.0. The SMILES string of the molecule is O=C(CNS(=O)(=O)C1=Cc2ccccc2CC1)N1CCCC1. The van der Waals surface area contributed by atoms with E-state index in [-0.39, 0.29) is 12.5 Å². The Kier molecular flexibility index (Phi) is 4.31. The van der Waals surface area contributed by atoms with Gasteiger partial charge in [-0.15, -0.1) is 0 Å². The van der Waals surface area contributed by atoms with Crippen molar-refractivity contribution in [2.45, 2.75) is 25.7 Å². The highest BCUT2D eigenvalue weighted by Crippen LogP contribution is 2.26. The summed E-state index contributed by atoms with van der Waals surface area (Å²) in [6, 6.07) is 7.79. The number of sulfonamides is 1. The van der Waals surface area contributed by atoms with Crippen LogP contribution in [0.1, 0.15) is 30.4 Å². The van der Waals surface area contributed by atoms with Crippen molar-refractivity contribution in [1.29, 1.82) is 0 Å². The van der Waals surface area contributed by atoms with Crippen LogP contribution in [0.25, 0.3) is 6.08 Å². The lowest BCUT2D eigenvalue weighted by molar-refractivity contribution is -0.128. The van der Waals surface area contributed by atoms with E-state index in [1.807, 2.05) is 24.3 Å². The Morgan fingerprint density at radius 3 is 2.64 bits per heavy atom. The van der Waals surface area contributed by atoms with Crippen LogP contribution in [-0.2, 0) is 21.2 Å². The van der Waals surface area contributed by atoms with Crippen molar-refractivity contribution in [2.75, 3.05) is 19.6 Å². The molecule has 1 N–H and O–H groups in total. The number of nitrogens with zero attached hydrogens (tertiary/aromatic N) is 1. The van der Waals surface area contributed by atoms with E-state index in [9.17, 15) is 13.2 Å². The van der Waals surface area contributed by atoms with Crippen molar-refractivity contribution in [2.24, 2.45) is 0 Å². The topological polar surface area (TPSA) is 66.5 Å². The van der Waals surface area contributed by atoms with Crippen molar-refractivity contribution in [3.05, 3.63) is 40.3 Å². The highest BCUT2D eigenvalue weighted by Gasteiger charge is 2.24. The number of carbonyl (C=O) groups excluding carboxylic acids is 1. The number of rotatable bonds is 4. The van der Waals surface area contributed by atoms with Crippen molar-refractivity contribution in [3.8, 4) is 0 Å². The van der Waals surface area contributed by atoms with Crippen LogP contribution in [0.5, 0.6) is 0 Å². The minimum absolute atomic E-state index is 0.141. The van der Waals surface area contributed by atoms with Gasteiger partial charge in [0, 0.05) is 13.1 Å². The zero-order valence-corrected chi connectivity index (χ0v) is 13.2. The molecule has 0 atom stereocenters. The first kappa shape index (κ1) is 15.2. The first-order valence-corrected chi connectivity index (χ1v) is 9.10. The third-order valence-corrected chi connectivity index (χ3v) is 5.77. The number of carbonyl (C=O) groups is 1. The standard InChI is InChI=1S/C16H20N2O3S/c19-16(18-9-3-4-10-18)12-17-22(20,21)15-8-7-13-5-1-2-6-14(13)11-15/h1-2,5-6,11,17H,3-4,7-10,12H2. The monoisotopic (exact) mass is 320 g/mol. The molecule has 0 spiro atoms. The van der Waals surface area contributed by atoms with Crippen molar-refractivity contribution < 1.29 is 13.2 Å². The zero-order valence-electron chi connectivity index (χ0n) is 12.4. The van der Waals surface area contributed by atoms with Crippen molar-refractivity contribution in [3.63, 3.8) is 0 Å². The van der Waals surface area contributed by atoms with Gasteiger partial charge in [-0.3, -0.25) is 4.79 Å². The van der Waals surface area contributed by atoms with Gasteiger partial charge in [0.25, 0.3) is 0 Å². The number of likely N-dealkylation sites (tertiary alicyclic amines) is 1. The molecular weight excluding hydrogens is 300 g/mol. The summed E-state index contributed by atoms with van der Waals surface area (Å²) >= 11 is 0. The summed E-state index contributed by atoms with van der Waals surface area (Å²) in [6.07, 6.45) is 4.90. The minimum atomic E-state index is -3.59. The molecule has 3 rings (SSSR count). The number of amides is 1. The third kappa shape index (κ3) is 3.23. The lowest BCUT2D eigenvalue weighted by Crippen LogP contribution is -2.39. The van der Waals surface area contributed by atoms with Gasteiger partial charge in [0.15, 0.2) is 0 Å². The van der Waals surface area contributed by atoms with Crippen LogP contribution in [-0.4, -0.2) is 38.9 Å². The number of hydrogen-bond acceptors (Lipinski definition) is 3. The summed E-state index contributed by atoms with van der Waals surface area (Å²) in [5.41, 5.74) is 2.11. The molecule has 0 saturated carbocycles. The molecule has 0 radical (unpaired) electrons. The molecule has 1 heterocycles. The molecule has 1 aromatic carbocycles. The van der Waals surface area contributed by atoms with Gasteiger partial charge in [0.05, 0.1) is 11.4 Å². The Morgan fingerprint density at radius 1 is 1.14 bits per heavy atom. The van der Waals surface area contributed by atoms with E-state index in [4.69, 9.17) is 0 Å². The molecule has 118 valence electrons. The summed E-state index contributed by atoms with van der Waals surface area (Å²) in [5.74, 6) is -0.141.